The summed E-state index contributed by atoms with van der Waals surface area (Å²) in [5, 5.41) is 5.34. The van der Waals surface area contributed by atoms with Gasteiger partial charge in [0.05, 0.1) is 6.61 Å². The number of carbonyl (C=O) groups excluding carboxylic acids is 2. The van der Waals surface area contributed by atoms with Crippen LogP contribution in [0.5, 0.6) is 0 Å². The number of ether oxygens (including phenoxy) is 2. The summed E-state index contributed by atoms with van der Waals surface area (Å²) in [6, 6.07) is 10.6. The van der Waals surface area contributed by atoms with E-state index in [1.807, 2.05) is 12.1 Å². The van der Waals surface area contributed by atoms with E-state index in [0.717, 1.165) is 12.2 Å². The molecule has 2 unspecified atom stereocenters. The molecule has 2 N–H and O–H groups in total. The summed E-state index contributed by atoms with van der Waals surface area (Å²) in [4.78, 5) is 23.8. The number of rotatable bonds is 8. The van der Waals surface area contributed by atoms with Crippen molar-refractivity contribution < 1.29 is 23.5 Å². The average Bonchev–Trinajstić information content (AvgIpc) is 3.21. The van der Waals surface area contributed by atoms with E-state index in [1.54, 1.807) is 30.3 Å². The second-order valence-electron chi connectivity index (χ2n) is 6.72. The molecule has 28 heavy (non-hydrogen) atoms. The molecule has 1 aromatic carbocycles. The fourth-order valence-electron chi connectivity index (χ4n) is 2.76. The third-order valence-corrected chi connectivity index (χ3v) is 4.42. The van der Waals surface area contributed by atoms with Crippen molar-refractivity contribution in [1.29, 1.82) is 0 Å². The maximum absolute atomic E-state index is 12.1. The number of amides is 2. The highest BCUT2D eigenvalue weighted by Gasteiger charge is 2.36. The van der Waals surface area contributed by atoms with Crippen molar-refractivity contribution in [3.8, 4) is 0 Å². The lowest BCUT2D eigenvalue weighted by atomic mass is 10.2. The molecule has 0 spiro atoms. The molecule has 1 aromatic heterocycles. The van der Waals surface area contributed by atoms with Crippen molar-refractivity contribution >= 4 is 29.5 Å². The standard InChI is InChI=1S/C21H24N2O5/c1-14-12-18(14)19-8-6-17(28-19)7-9-20(24)22-15-4-3-5-16(13-15)23-21(25)27-11-10-26-2/h3-9,13-14,18H,10-12H2,1-2H3,(H,22,24)(H,23,25). The molecule has 0 bridgehead atoms. The highest BCUT2D eigenvalue weighted by molar-refractivity contribution is 6.02. The van der Waals surface area contributed by atoms with Gasteiger partial charge in [-0.05, 0) is 48.7 Å². The molecule has 7 heteroatoms. The van der Waals surface area contributed by atoms with E-state index in [2.05, 4.69) is 17.6 Å². The molecule has 1 fully saturated rings. The number of carbonyl (C=O) groups is 2. The largest absolute Gasteiger partial charge is 0.461 e. The van der Waals surface area contributed by atoms with Crippen molar-refractivity contribution in [1.82, 2.24) is 0 Å². The predicted molar refractivity (Wildman–Crippen MR) is 106 cm³/mol. The van der Waals surface area contributed by atoms with Crippen molar-refractivity contribution in [2.75, 3.05) is 31.0 Å². The van der Waals surface area contributed by atoms with Gasteiger partial charge in [0.2, 0.25) is 5.91 Å². The quantitative estimate of drug-likeness (QED) is 0.525. The number of methoxy groups -OCH3 is 1. The minimum atomic E-state index is -0.584. The van der Waals surface area contributed by atoms with Crippen molar-refractivity contribution in [3.05, 3.63) is 54.0 Å². The fraction of sp³-hybridized carbons (Fsp3) is 0.333. The van der Waals surface area contributed by atoms with E-state index in [4.69, 9.17) is 13.9 Å². The monoisotopic (exact) mass is 384 g/mol. The van der Waals surface area contributed by atoms with Gasteiger partial charge in [0.25, 0.3) is 0 Å². The highest BCUT2D eigenvalue weighted by Crippen LogP contribution is 2.47. The van der Waals surface area contributed by atoms with Gasteiger partial charge in [-0.25, -0.2) is 4.79 Å². The molecular formula is C21H24N2O5. The van der Waals surface area contributed by atoms with Gasteiger partial charge >= 0.3 is 6.09 Å². The van der Waals surface area contributed by atoms with E-state index in [0.29, 0.717) is 35.6 Å². The summed E-state index contributed by atoms with van der Waals surface area (Å²) in [5.74, 6) is 2.51. The topological polar surface area (TPSA) is 89.8 Å². The number of anilines is 2. The molecule has 1 saturated carbocycles. The van der Waals surface area contributed by atoms with Gasteiger partial charge in [-0.15, -0.1) is 0 Å². The van der Waals surface area contributed by atoms with E-state index in [1.165, 1.54) is 13.2 Å². The summed E-state index contributed by atoms with van der Waals surface area (Å²) in [7, 11) is 1.53. The lowest BCUT2D eigenvalue weighted by molar-refractivity contribution is -0.111. The maximum atomic E-state index is 12.1. The van der Waals surface area contributed by atoms with Crippen molar-refractivity contribution in [3.63, 3.8) is 0 Å². The minimum Gasteiger partial charge on any atom is -0.461 e. The van der Waals surface area contributed by atoms with Gasteiger partial charge < -0.3 is 19.2 Å². The zero-order valence-electron chi connectivity index (χ0n) is 15.9. The van der Waals surface area contributed by atoms with Gasteiger partial charge in [-0.3, -0.25) is 10.1 Å². The van der Waals surface area contributed by atoms with E-state index in [9.17, 15) is 9.59 Å². The zero-order chi connectivity index (χ0) is 19.9. The number of hydrogen-bond acceptors (Lipinski definition) is 5. The van der Waals surface area contributed by atoms with Crippen LogP contribution in [0.2, 0.25) is 0 Å². The molecule has 2 aromatic rings. The average molecular weight is 384 g/mol. The number of hydrogen-bond donors (Lipinski definition) is 2. The zero-order valence-corrected chi connectivity index (χ0v) is 15.9. The molecule has 2 atom stereocenters. The van der Waals surface area contributed by atoms with Crippen LogP contribution in [0.15, 0.2) is 46.9 Å². The predicted octanol–water partition coefficient (Wildman–Crippen LogP) is 4.25. The first kappa shape index (κ1) is 19.7. The first-order valence-corrected chi connectivity index (χ1v) is 9.16. The summed E-state index contributed by atoms with van der Waals surface area (Å²) in [5.41, 5.74) is 1.06. The number of furan rings is 1. The van der Waals surface area contributed by atoms with Crippen LogP contribution in [0.4, 0.5) is 16.2 Å². The molecule has 148 valence electrons. The molecular weight excluding hydrogens is 360 g/mol. The Balaban J connectivity index is 1.51. The molecule has 3 rings (SSSR count). The normalized spacial score (nSPS) is 18.1. The Labute approximate surface area is 163 Å². The Bertz CT molecular complexity index is 858. The lowest BCUT2D eigenvalue weighted by Gasteiger charge is -2.08. The molecule has 0 radical (unpaired) electrons. The Kier molecular flexibility index (Phi) is 6.49. The first-order valence-electron chi connectivity index (χ1n) is 9.16. The Morgan fingerprint density at radius 1 is 1.18 bits per heavy atom. The maximum Gasteiger partial charge on any atom is 0.411 e. The van der Waals surface area contributed by atoms with Crippen LogP contribution in [0, 0.1) is 5.92 Å². The SMILES string of the molecule is COCCOC(=O)Nc1cccc(NC(=O)C=Cc2ccc(C3CC3C)o2)c1. The Hall–Kier alpha value is -3.06. The highest BCUT2D eigenvalue weighted by atomic mass is 16.6. The fourth-order valence-corrected chi connectivity index (χ4v) is 2.76. The minimum absolute atomic E-state index is 0.164. The second kappa shape index (κ2) is 9.23. The summed E-state index contributed by atoms with van der Waals surface area (Å²) in [6.07, 6.45) is 3.62. The number of nitrogens with one attached hydrogen (secondary N) is 2. The summed E-state index contributed by atoms with van der Waals surface area (Å²) in [6.45, 7) is 2.68. The lowest BCUT2D eigenvalue weighted by Crippen LogP contribution is -2.16. The van der Waals surface area contributed by atoms with Crippen LogP contribution in [-0.4, -0.2) is 32.3 Å². The Morgan fingerprint density at radius 2 is 1.93 bits per heavy atom. The molecule has 1 aliphatic carbocycles. The van der Waals surface area contributed by atoms with Gasteiger partial charge in [0, 0.05) is 30.5 Å². The molecule has 1 heterocycles. The van der Waals surface area contributed by atoms with Crippen LogP contribution in [-0.2, 0) is 14.3 Å². The third kappa shape index (κ3) is 5.72. The summed E-state index contributed by atoms with van der Waals surface area (Å²) >= 11 is 0. The number of benzene rings is 1. The molecule has 7 nitrogen and oxygen atoms in total. The van der Waals surface area contributed by atoms with Gasteiger partial charge in [0.15, 0.2) is 0 Å². The smallest absolute Gasteiger partial charge is 0.411 e. The third-order valence-electron chi connectivity index (χ3n) is 4.42. The van der Waals surface area contributed by atoms with Gasteiger partial charge in [-0.2, -0.15) is 0 Å². The van der Waals surface area contributed by atoms with Gasteiger partial charge in [0.1, 0.15) is 18.1 Å². The van der Waals surface area contributed by atoms with Crippen LogP contribution < -0.4 is 10.6 Å². The molecule has 0 saturated heterocycles. The molecule has 2 amide bonds. The van der Waals surface area contributed by atoms with Crippen LogP contribution in [0.3, 0.4) is 0 Å². The van der Waals surface area contributed by atoms with Crippen molar-refractivity contribution in [2.45, 2.75) is 19.3 Å². The van der Waals surface area contributed by atoms with E-state index in [-0.39, 0.29) is 12.5 Å². The van der Waals surface area contributed by atoms with E-state index >= 15 is 0 Å². The molecule has 1 aliphatic rings. The van der Waals surface area contributed by atoms with E-state index < -0.39 is 6.09 Å². The van der Waals surface area contributed by atoms with Crippen LogP contribution in [0.25, 0.3) is 6.08 Å². The Morgan fingerprint density at radius 3 is 2.64 bits per heavy atom. The van der Waals surface area contributed by atoms with Crippen LogP contribution >= 0.6 is 0 Å². The van der Waals surface area contributed by atoms with Gasteiger partial charge in [-0.1, -0.05) is 13.0 Å². The second-order valence-corrected chi connectivity index (χ2v) is 6.72. The molecule has 0 aliphatic heterocycles. The van der Waals surface area contributed by atoms with Crippen molar-refractivity contribution in [2.24, 2.45) is 5.92 Å². The first-order chi connectivity index (χ1) is 13.5. The summed E-state index contributed by atoms with van der Waals surface area (Å²) < 4.78 is 15.5. The van der Waals surface area contributed by atoms with Crippen LogP contribution in [0.1, 0.15) is 30.8 Å².